The first-order valence-electron chi connectivity index (χ1n) is 11.5. The Morgan fingerprint density at radius 2 is 1.76 bits per heavy atom. The van der Waals surface area contributed by atoms with Crippen LogP contribution in [-0.2, 0) is 4.79 Å². The molecule has 1 aliphatic heterocycles. The molecule has 0 aliphatic carbocycles. The highest BCUT2D eigenvalue weighted by Crippen LogP contribution is 2.42. The fourth-order valence-corrected chi connectivity index (χ4v) is 4.82. The number of rotatable bonds is 6. The van der Waals surface area contributed by atoms with Crippen LogP contribution in [0.2, 0.25) is 5.02 Å². The number of ether oxygens (including phenoxy) is 2. The van der Waals surface area contributed by atoms with Gasteiger partial charge in [-0.1, -0.05) is 48.5 Å². The Hall–Kier alpha value is -4.12. The predicted octanol–water partition coefficient (Wildman–Crippen LogP) is 5.24. The molecule has 0 spiro atoms. The Morgan fingerprint density at radius 1 is 1.05 bits per heavy atom. The summed E-state index contributed by atoms with van der Waals surface area (Å²) in [5.74, 6) is -1.72. The molecule has 0 atom stereocenters. The number of halogens is 4. The van der Waals surface area contributed by atoms with Crippen LogP contribution in [0, 0.1) is 0 Å². The third kappa shape index (κ3) is 4.65. The molecule has 12 heteroatoms. The largest absolute Gasteiger partial charge is 0.467 e. The van der Waals surface area contributed by atoms with Crippen molar-refractivity contribution in [1.29, 1.82) is 0 Å². The molecule has 2 aromatic heterocycles. The Labute approximate surface area is 220 Å². The number of amides is 1. The van der Waals surface area contributed by atoms with E-state index in [1.165, 1.54) is 18.2 Å². The number of nitrogens with zero attached hydrogens (tertiary/aromatic N) is 5. The van der Waals surface area contributed by atoms with Gasteiger partial charge in [-0.2, -0.15) is 18.7 Å². The number of hydrogen-bond donors (Lipinski definition) is 0. The molecule has 0 saturated carbocycles. The van der Waals surface area contributed by atoms with Crippen molar-refractivity contribution in [3.63, 3.8) is 0 Å². The van der Waals surface area contributed by atoms with Crippen LogP contribution in [0.3, 0.4) is 0 Å². The van der Waals surface area contributed by atoms with Crippen LogP contribution in [-0.4, -0.2) is 65.7 Å². The molecule has 1 aliphatic rings. The highest BCUT2D eigenvalue weighted by Gasteiger charge is 2.28. The highest BCUT2D eigenvalue weighted by atomic mass is 35.5. The molecule has 5 rings (SSSR count). The molecule has 38 heavy (non-hydrogen) atoms. The van der Waals surface area contributed by atoms with E-state index in [0.29, 0.717) is 21.8 Å². The summed E-state index contributed by atoms with van der Waals surface area (Å²) in [4.78, 5) is 28.4. The number of carbonyl (C=O) groups excluding carboxylic acids is 1. The van der Waals surface area contributed by atoms with Gasteiger partial charge in [0.2, 0.25) is 0 Å². The fraction of sp³-hybridized carbons (Fsp3) is 0.231. The van der Waals surface area contributed by atoms with Gasteiger partial charge in [0.1, 0.15) is 11.0 Å². The molecule has 0 N–H and O–H groups in total. The van der Waals surface area contributed by atoms with Crippen molar-refractivity contribution in [2.24, 2.45) is 0 Å². The van der Waals surface area contributed by atoms with Crippen LogP contribution in [0.15, 0.2) is 55.0 Å². The minimum absolute atomic E-state index is 0.0179. The van der Waals surface area contributed by atoms with Gasteiger partial charge in [0.05, 0.1) is 7.11 Å². The third-order valence-electron chi connectivity index (χ3n) is 6.26. The quantitative estimate of drug-likeness (QED) is 0.308. The van der Waals surface area contributed by atoms with E-state index in [2.05, 4.69) is 21.5 Å². The topological polar surface area (TPSA) is 80.7 Å². The van der Waals surface area contributed by atoms with Gasteiger partial charge in [0, 0.05) is 48.3 Å². The lowest BCUT2D eigenvalue weighted by molar-refractivity contribution is -0.128. The van der Waals surface area contributed by atoms with Crippen LogP contribution >= 0.6 is 11.6 Å². The summed E-state index contributed by atoms with van der Waals surface area (Å²) in [6, 6.07) is 10.7. The van der Waals surface area contributed by atoms with Crippen molar-refractivity contribution in [2.75, 3.05) is 38.2 Å². The maximum atomic E-state index is 13.7. The molecule has 0 radical (unpaired) electrons. The highest BCUT2D eigenvalue weighted by molar-refractivity contribution is 6.36. The van der Waals surface area contributed by atoms with Crippen molar-refractivity contribution >= 4 is 45.1 Å². The molecule has 8 nitrogen and oxygen atoms in total. The summed E-state index contributed by atoms with van der Waals surface area (Å²) in [7, 11) is 1.35. The number of fused-ring (bicyclic) bond motifs is 2. The van der Waals surface area contributed by atoms with E-state index in [1.807, 2.05) is 12.1 Å². The summed E-state index contributed by atoms with van der Waals surface area (Å²) in [6.07, 6.45) is 1.42. The third-order valence-corrected chi connectivity index (χ3v) is 6.57. The van der Waals surface area contributed by atoms with E-state index in [-0.39, 0.29) is 54.5 Å². The van der Waals surface area contributed by atoms with Crippen LogP contribution in [0.4, 0.5) is 19.0 Å². The second-order valence-corrected chi connectivity index (χ2v) is 8.85. The summed E-state index contributed by atoms with van der Waals surface area (Å²) in [6.45, 7) is 0.858. The number of pyridine rings is 1. The van der Waals surface area contributed by atoms with Crippen LogP contribution in [0.5, 0.6) is 11.8 Å². The molecule has 3 heterocycles. The van der Waals surface area contributed by atoms with Crippen molar-refractivity contribution < 1.29 is 27.4 Å². The van der Waals surface area contributed by atoms with Crippen molar-refractivity contribution in [1.82, 2.24) is 19.9 Å². The molecular formula is C26H21ClF3N5O3. The summed E-state index contributed by atoms with van der Waals surface area (Å²) in [5.41, 5.74) is 1.02. The summed E-state index contributed by atoms with van der Waals surface area (Å²) >= 11 is 6.50. The fourth-order valence-electron chi connectivity index (χ4n) is 4.54. The summed E-state index contributed by atoms with van der Waals surface area (Å²) in [5, 5.41) is 1.89. The van der Waals surface area contributed by atoms with Gasteiger partial charge in [0.25, 0.3) is 5.91 Å². The number of aromatic nitrogens is 3. The zero-order valence-corrected chi connectivity index (χ0v) is 20.9. The Bertz CT molecular complexity index is 1560. The van der Waals surface area contributed by atoms with Crippen molar-refractivity contribution in [3.8, 4) is 22.9 Å². The first-order valence-corrected chi connectivity index (χ1v) is 11.9. The number of benzene rings is 2. The number of carbonyl (C=O) groups is 1. The monoisotopic (exact) mass is 543 g/mol. The molecule has 1 saturated heterocycles. The number of hydrogen-bond acceptors (Lipinski definition) is 7. The molecule has 0 unspecified atom stereocenters. The maximum Gasteiger partial charge on any atom is 0.387 e. The normalized spacial score (nSPS) is 13.8. The minimum Gasteiger partial charge on any atom is -0.467 e. The molecule has 1 fully saturated rings. The first kappa shape index (κ1) is 25.5. The zero-order valence-electron chi connectivity index (χ0n) is 20.1. The lowest BCUT2D eigenvalue weighted by Gasteiger charge is -2.35. The minimum atomic E-state index is -3.16. The average molecular weight is 544 g/mol. The second-order valence-electron chi connectivity index (χ2n) is 8.44. The van der Waals surface area contributed by atoms with Crippen LogP contribution < -0.4 is 14.4 Å². The number of methoxy groups -OCH3 is 1. The van der Waals surface area contributed by atoms with E-state index in [9.17, 15) is 18.0 Å². The maximum absolute atomic E-state index is 13.7. The predicted molar refractivity (Wildman–Crippen MR) is 138 cm³/mol. The first-order chi connectivity index (χ1) is 18.3. The van der Waals surface area contributed by atoms with Crippen LogP contribution in [0.1, 0.15) is 0 Å². The SMILES string of the molecule is C=C(F)C(=O)N1CCN(c2nc(OC)nc3c(OC(F)F)c(-c4cccc5cccc(Cl)c45)cnc23)CC1. The van der Waals surface area contributed by atoms with E-state index in [0.717, 1.165) is 5.39 Å². The standard InChI is InChI=1S/C26H21ClF3N5O3/c1-14(28)24(36)35-11-9-34(10-12-35)23-21-20(32-26(33-23)37-2)22(38-25(29)30)17(13-31-21)16-7-3-5-15-6-4-8-18(27)19(15)16/h3-8,13,25H,1,9-12H2,2H3. The van der Waals surface area contributed by atoms with E-state index in [4.69, 9.17) is 21.1 Å². The van der Waals surface area contributed by atoms with E-state index < -0.39 is 18.3 Å². The lowest BCUT2D eigenvalue weighted by Crippen LogP contribution is -2.49. The Morgan fingerprint density at radius 3 is 2.42 bits per heavy atom. The van der Waals surface area contributed by atoms with Gasteiger partial charge in [-0.25, -0.2) is 9.37 Å². The summed E-state index contributed by atoms with van der Waals surface area (Å²) < 4.78 is 51.1. The van der Waals surface area contributed by atoms with E-state index in [1.54, 1.807) is 29.2 Å². The van der Waals surface area contributed by atoms with Gasteiger partial charge < -0.3 is 19.3 Å². The van der Waals surface area contributed by atoms with Gasteiger partial charge in [-0.05, 0) is 17.0 Å². The van der Waals surface area contributed by atoms with Crippen molar-refractivity contribution in [3.05, 3.63) is 60.0 Å². The number of alkyl halides is 2. The molecule has 4 aromatic rings. The number of anilines is 1. The lowest BCUT2D eigenvalue weighted by atomic mass is 9.98. The molecule has 196 valence electrons. The molecule has 0 bridgehead atoms. The van der Waals surface area contributed by atoms with Gasteiger partial charge in [-0.3, -0.25) is 4.79 Å². The Balaban J connectivity index is 1.67. The average Bonchev–Trinajstić information content (AvgIpc) is 2.92. The Kier molecular flexibility index (Phi) is 6.94. The smallest absolute Gasteiger partial charge is 0.387 e. The van der Waals surface area contributed by atoms with Gasteiger partial charge in [0.15, 0.2) is 17.4 Å². The van der Waals surface area contributed by atoms with Gasteiger partial charge in [-0.15, -0.1) is 0 Å². The molecule has 2 aromatic carbocycles. The van der Waals surface area contributed by atoms with Gasteiger partial charge >= 0.3 is 12.6 Å². The van der Waals surface area contributed by atoms with Crippen LogP contribution in [0.25, 0.3) is 32.9 Å². The molecule has 1 amide bonds. The van der Waals surface area contributed by atoms with Crippen molar-refractivity contribution in [2.45, 2.75) is 6.61 Å². The zero-order chi connectivity index (χ0) is 27.0. The molecular weight excluding hydrogens is 523 g/mol. The number of piperazine rings is 1. The van der Waals surface area contributed by atoms with E-state index >= 15 is 0 Å². The second kappa shape index (κ2) is 10.3.